The number of nitrogens with zero attached hydrogens (tertiary/aromatic N) is 6. The fraction of sp³-hybridized carbons (Fsp3) is 0.467. The summed E-state index contributed by atoms with van der Waals surface area (Å²) in [5.74, 6) is -0.129. The number of azide groups is 2. The summed E-state index contributed by atoms with van der Waals surface area (Å²) in [7, 11) is 0. The van der Waals surface area contributed by atoms with Gasteiger partial charge in [-0.05, 0) is 65.9 Å². The van der Waals surface area contributed by atoms with Crippen molar-refractivity contribution in [3.05, 3.63) is 56.3 Å². The van der Waals surface area contributed by atoms with E-state index >= 15 is 0 Å². The molecule has 7 nitrogen and oxygen atoms in total. The normalized spacial score (nSPS) is 15.2. The third kappa shape index (κ3) is 3.95. The molecule has 1 aliphatic rings. The summed E-state index contributed by atoms with van der Waals surface area (Å²) in [6.45, 7) is 0.524. The van der Waals surface area contributed by atoms with Crippen molar-refractivity contribution in [2.45, 2.75) is 31.6 Å². The Kier molecular flexibility index (Phi) is 5.72. The topological polar surface area (TPSA) is 124 Å². The second-order valence-corrected chi connectivity index (χ2v) is 5.35. The standard InChI is InChI=1S/C15H19N7/c16-15-7-6-12(13(9-19-21-17)10-20-22-18)8-14(15)11-4-2-1-3-5-11/h4,6-8,13H,1-3,5,9-10,16H2. The lowest BCUT2D eigenvalue weighted by atomic mass is 9.89. The molecule has 0 aromatic heterocycles. The van der Waals surface area contributed by atoms with E-state index in [9.17, 15) is 0 Å². The predicted molar refractivity (Wildman–Crippen MR) is 88.1 cm³/mol. The maximum absolute atomic E-state index is 8.52. The average molecular weight is 297 g/mol. The molecule has 1 aromatic carbocycles. The highest BCUT2D eigenvalue weighted by atomic mass is 15.1. The van der Waals surface area contributed by atoms with Crippen molar-refractivity contribution in [3.63, 3.8) is 0 Å². The largest absolute Gasteiger partial charge is 0.398 e. The lowest BCUT2D eigenvalue weighted by Gasteiger charge is -2.18. The number of hydrogen-bond donors (Lipinski definition) is 1. The van der Waals surface area contributed by atoms with Gasteiger partial charge in [-0.25, -0.2) is 0 Å². The minimum Gasteiger partial charge on any atom is -0.398 e. The summed E-state index contributed by atoms with van der Waals surface area (Å²) >= 11 is 0. The van der Waals surface area contributed by atoms with Crippen LogP contribution in [0.2, 0.25) is 0 Å². The van der Waals surface area contributed by atoms with Crippen molar-refractivity contribution in [3.8, 4) is 0 Å². The number of hydrogen-bond acceptors (Lipinski definition) is 3. The van der Waals surface area contributed by atoms with Crippen LogP contribution in [-0.4, -0.2) is 13.1 Å². The van der Waals surface area contributed by atoms with E-state index in [1.165, 1.54) is 18.4 Å². The maximum Gasteiger partial charge on any atom is 0.0390 e. The van der Waals surface area contributed by atoms with Gasteiger partial charge in [0.25, 0.3) is 0 Å². The molecule has 0 saturated heterocycles. The molecule has 0 amide bonds. The van der Waals surface area contributed by atoms with Gasteiger partial charge in [0, 0.05) is 34.2 Å². The number of nitrogen functional groups attached to an aromatic ring is 1. The van der Waals surface area contributed by atoms with Gasteiger partial charge >= 0.3 is 0 Å². The zero-order valence-electron chi connectivity index (χ0n) is 12.4. The van der Waals surface area contributed by atoms with E-state index in [0.717, 1.165) is 29.7 Å². The van der Waals surface area contributed by atoms with Crippen LogP contribution in [0.3, 0.4) is 0 Å². The molecule has 0 unspecified atom stereocenters. The summed E-state index contributed by atoms with van der Waals surface area (Å²) < 4.78 is 0. The van der Waals surface area contributed by atoms with Crippen LogP contribution in [-0.2, 0) is 0 Å². The number of benzene rings is 1. The van der Waals surface area contributed by atoms with Gasteiger partial charge in [0.2, 0.25) is 0 Å². The number of nitrogens with two attached hydrogens (primary N) is 1. The van der Waals surface area contributed by atoms with Crippen LogP contribution >= 0.6 is 0 Å². The Balaban J connectivity index is 2.34. The number of anilines is 1. The van der Waals surface area contributed by atoms with Gasteiger partial charge in [-0.3, -0.25) is 0 Å². The van der Waals surface area contributed by atoms with Gasteiger partial charge in [-0.2, -0.15) is 0 Å². The Bertz CT molecular complexity index is 632. The fourth-order valence-electron chi connectivity index (χ4n) is 2.73. The summed E-state index contributed by atoms with van der Waals surface area (Å²) in [4.78, 5) is 5.59. The van der Waals surface area contributed by atoms with Crippen molar-refractivity contribution in [2.75, 3.05) is 18.8 Å². The molecule has 0 aliphatic heterocycles. The van der Waals surface area contributed by atoms with Crippen molar-refractivity contribution in [1.29, 1.82) is 0 Å². The molecule has 2 N–H and O–H groups in total. The van der Waals surface area contributed by atoms with Crippen LogP contribution in [0.1, 0.15) is 42.7 Å². The lowest BCUT2D eigenvalue weighted by molar-refractivity contribution is 0.702. The summed E-state index contributed by atoms with van der Waals surface area (Å²) in [5, 5.41) is 7.23. The van der Waals surface area contributed by atoms with Crippen LogP contribution in [0.4, 0.5) is 5.69 Å². The summed E-state index contributed by atoms with van der Waals surface area (Å²) in [6, 6.07) is 5.82. The number of allylic oxidation sites excluding steroid dienone is 2. The van der Waals surface area contributed by atoms with E-state index in [1.807, 2.05) is 18.2 Å². The highest BCUT2D eigenvalue weighted by molar-refractivity contribution is 5.76. The van der Waals surface area contributed by atoms with Crippen molar-refractivity contribution in [1.82, 2.24) is 0 Å². The first-order valence-corrected chi connectivity index (χ1v) is 7.36. The summed E-state index contributed by atoms with van der Waals surface area (Å²) in [5.41, 5.74) is 27.2. The molecule has 0 atom stereocenters. The highest BCUT2D eigenvalue weighted by Crippen LogP contribution is 2.32. The quantitative estimate of drug-likeness (QED) is 0.340. The Labute approximate surface area is 129 Å². The van der Waals surface area contributed by atoms with Gasteiger partial charge in [-0.15, -0.1) is 0 Å². The predicted octanol–water partition coefficient (Wildman–Crippen LogP) is 4.93. The summed E-state index contributed by atoms with van der Waals surface area (Å²) in [6.07, 6.45) is 6.76. The van der Waals surface area contributed by atoms with E-state index in [4.69, 9.17) is 16.8 Å². The van der Waals surface area contributed by atoms with Crippen molar-refractivity contribution >= 4 is 11.3 Å². The van der Waals surface area contributed by atoms with Crippen LogP contribution in [0.15, 0.2) is 34.5 Å². The monoisotopic (exact) mass is 297 g/mol. The average Bonchev–Trinajstić information content (AvgIpc) is 2.56. The molecule has 0 radical (unpaired) electrons. The first kappa shape index (κ1) is 15.8. The third-order valence-corrected chi connectivity index (χ3v) is 3.92. The lowest BCUT2D eigenvalue weighted by Crippen LogP contribution is -2.08. The van der Waals surface area contributed by atoms with Crippen LogP contribution < -0.4 is 5.73 Å². The molecule has 0 bridgehead atoms. The second-order valence-electron chi connectivity index (χ2n) is 5.35. The molecule has 7 heteroatoms. The molecule has 0 saturated carbocycles. The van der Waals surface area contributed by atoms with E-state index in [0.29, 0.717) is 0 Å². The zero-order valence-corrected chi connectivity index (χ0v) is 12.4. The molecule has 2 rings (SSSR count). The molecule has 22 heavy (non-hydrogen) atoms. The first-order chi connectivity index (χ1) is 10.8. The second kappa shape index (κ2) is 7.98. The molecule has 114 valence electrons. The fourth-order valence-corrected chi connectivity index (χ4v) is 2.73. The third-order valence-electron chi connectivity index (χ3n) is 3.92. The molecule has 1 aliphatic carbocycles. The SMILES string of the molecule is [N-]=[N+]=NCC(CN=[N+]=[N-])c1ccc(N)c(C2=CCCCC2)c1. The Morgan fingerprint density at radius 1 is 1.14 bits per heavy atom. The Hall–Kier alpha value is -2.62. The van der Waals surface area contributed by atoms with Crippen molar-refractivity contribution < 1.29 is 0 Å². The van der Waals surface area contributed by atoms with Gasteiger partial charge in [0.1, 0.15) is 0 Å². The van der Waals surface area contributed by atoms with Crippen molar-refractivity contribution in [2.24, 2.45) is 10.2 Å². The smallest absolute Gasteiger partial charge is 0.0390 e. The minimum atomic E-state index is -0.129. The highest BCUT2D eigenvalue weighted by Gasteiger charge is 2.14. The van der Waals surface area contributed by atoms with E-state index in [-0.39, 0.29) is 19.0 Å². The van der Waals surface area contributed by atoms with Gasteiger partial charge in [0.15, 0.2) is 0 Å². The Morgan fingerprint density at radius 2 is 1.86 bits per heavy atom. The first-order valence-electron chi connectivity index (χ1n) is 7.36. The van der Waals surface area contributed by atoms with Gasteiger partial charge in [0.05, 0.1) is 0 Å². The van der Waals surface area contributed by atoms with E-state index in [2.05, 4.69) is 26.1 Å². The Morgan fingerprint density at radius 3 is 2.45 bits per heavy atom. The molecule has 0 heterocycles. The van der Waals surface area contributed by atoms with Gasteiger partial charge < -0.3 is 5.73 Å². The molecule has 0 spiro atoms. The van der Waals surface area contributed by atoms with E-state index < -0.39 is 0 Å². The van der Waals surface area contributed by atoms with E-state index in [1.54, 1.807) is 0 Å². The van der Waals surface area contributed by atoms with Gasteiger partial charge in [-0.1, -0.05) is 22.4 Å². The minimum absolute atomic E-state index is 0.129. The van der Waals surface area contributed by atoms with Crippen LogP contribution in [0.25, 0.3) is 26.5 Å². The number of rotatable bonds is 6. The molecule has 0 fully saturated rings. The zero-order chi connectivity index (χ0) is 15.8. The molecular formula is C15H19N7. The van der Waals surface area contributed by atoms with Crippen LogP contribution in [0, 0.1) is 0 Å². The van der Waals surface area contributed by atoms with Crippen LogP contribution in [0.5, 0.6) is 0 Å². The molecule has 1 aromatic rings. The molecular weight excluding hydrogens is 278 g/mol. The maximum atomic E-state index is 8.52.